The molecule has 0 radical (unpaired) electrons. The normalized spacial score (nSPS) is 13.5. The van der Waals surface area contributed by atoms with Crippen LogP contribution >= 0.6 is 7.82 Å². The number of carbonyl (C=O) groups is 2. The van der Waals surface area contributed by atoms with Crippen LogP contribution in [0, 0.1) is 0 Å². The Morgan fingerprint density at radius 2 is 0.865 bits per heavy atom. The Morgan fingerprint density at radius 3 is 1.25 bits per heavy atom. The monoisotopic (exact) mass is 757 g/mol. The van der Waals surface area contributed by atoms with Crippen LogP contribution in [0.15, 0.2) is 24.3 Å². The van der Waals surface area contributed by atoms with Gasteiger partial charge in [-0.25, -0.2) is 4.57 Å². The van der Waals surface area contributed by atoms with Crippen LogP contribution in [0.5, 0.6) is 0 Å². The van der Waals surface area contributed by atoms with Crippen LogP contribution in [-0.4, -0.2) is 43.3 Å². The van der Waals surface area contributed by atoms with Crippen molar-refractivity contribution in [3.63, 3.8) is 0 Å². The van der Waals surface area contributed by atoms with Gasteiger partial charge in [0.25, 0.3) is 0 Å². The Labute approximate surface area is 320 Å². The lowest BCUT2D eigenvalue weighted by molar-refractivity contribution is -0.161. The van der Waals surface area contributed by atoms with E-state index in [1.165, 1.54) is 128 Å². The van der Waals surface area contributed by atoms with E-state index in [0.717, 1.165) is 58.5 Å². The summed E-state index contributed by atoms with van der Waals surface area (Å²) in [4.78, 5) is 34.4. The van der Waals surface area contributed by atoms with Gasteiger partial charge in [0, 0.05) is 20.0 Å². The van der Waals surface area contributed by atoms with Crippen LogP contribution in [0.1, 0.15) is 213 Å². The smallest absolute Gasteiger partial charge is 0.462 e. The van der Waals surface area contributed by atoms with Gasteiger partial charge in [-0.05, 0) is 64.2 Å². The van der Waals surface area contributed by atoms with E-state index in [1.54, 1.807) is 0 Å². The van der Waals surface area contributed by atoms with E-state index in [-0.39, 0.29) is 25.4 Å². The first-order valence-corrected chi connectivity index (χ1v) is 23.0. The van der Waals surface area contributed by atoms with Crippen molar-refractivity contribution < 1.29 is 37.6 Å². The average molecular weight is 757 g/mol. The Kier molecular flexibility index (Phi) is 38.1. The molecule has 0 saturated heterocycles. The van der Waals surface area contributed by atoms with Crippen molar-refractivity contribution in [2.75, 3.05) is 20.3 Å². The van der Waals surface area contributed by atoms with Crippen molar-refractivity contribution >= 4 is 19.8 Å². The topological polar surface area (TPSA) is 108 Å². The van der Waals surface area contributed by atoms with Crippen LogP contribution in [0.2, 0.25) is 0 Å². The van der Waals surface area contributed by atoms with Crippen molar-refractivity contribution in [2.24, 2.45) is 0 Å². The first kappa shape index (κ1) is 50.5. The Hall–Kier alpha value is -1.47. The number of hydrogen-bond acceptors (Lipinski definition) is 7. The molecule has 0 aliphatic heterocycles. The van der Waals surface area contributed by atoms with Gasteiger partial charge >= 0.3 is 19.8 Å². The van der Waals surface area contributed by atoms with Gasteiger partial charge in [0.2, 0.25) is 0 Å². The number of phosphoric acid groups is 1. The van der Waals surface area contributed by atoms with Crippen molar-refractivity contribution in [2.45, 2.75) is 219 Å². The molecule has 1 N–H and O–H groups in total. The predicted octanol–water partition coefficient (Wildman–Crippen LogP) is 13.5. The summed E-state index contributed by atoms with van der Waals surface area (Å²) in [6.07, 6.45) is 43.7. The van der Waals surface area contributed by atoms with Crippen LogP contribution in [-0.2, 0) is 32.7 Å². The lowest BCUT2D eigenvalue weighted by Crippen LogP contribution is -2.29. The van der Waals surface area contributed by atoms with Crippen LogP contribution in [0.3, 0.4) is 0 Å². The molecular formula is C43H81O8P. The number of rotatable bonds is 40. The quantitative estimate of drug-likeness (QED) is 0.0285. The molecule has 2 atom stereocenters. The number of ether oxygens (including phenoxy) is 2. The van der Waals surface area contributed by atoms with Gasteiger partial charge in [0.05, 0.1) is 6.61 Å². The molecule has 0 aromatic rings. The highest BCUT2D eigenvalue weighted by Crippen LogP contribution is 2.42. The highest BCUT2D eigenvalue weighted by Gasteiger charge is 2.24. The molecule has 0 aromatic heterocycles. The number of allylic oxidation sites excluding steroid dienone is 4. The van der Waals surface area contributed by atoms with Crippen LogP contribution < -0.4 is 0 Å². The SMILES string of the molecule is CCCCCCC/C=C\CCCCCCCC(=O)OCC(COP(=O)(O)OC)OC(=O)CCCCCCCCCCC/C=C\CCCCCCCC. The molecule has 52 heavy (non-hydrogen) atoms. The second-order valence-electron chi connectivity index (χ2n) is 14.5. The second kappa shape index (κ2) is 39.2. The lowest BCUT2D eigenvalue weighted by Gasteiger charge is -2.19. The molecule has 0 saturated carbocycles. The number of esters is 2. The molecular weight excluding hydrogens is 675 g/mol. The van der Waals surface area contributed by atoms with E-state index < -0.39 is 26.5 Å². The van der Waals surface area contributed by atoms with Crippen molar-refractivity contribution in [1.82, 2.24) is 0 Å². The molecule has 0 aromatic carbocycles. The maximum Gasteiger partial charge on any atom is 0.472 e. The molecule has 0 bridgehead atoms. The average Bonchev–Trinajstić information content (AvgIpc) is 3.13. The van der Waals surface area contributed by atoms with Gasteiger partial charge in [-0.3, -0.25) is 18.6 Å². The van der Waals surface area contributed by atoms with Gasteiger partial charge in [-0.15, -0.1) is 0 Å². The molecule has 2 unspecified atom stereocenters. The summed E-state index contributed by atoms with van der Waals surface area (Å²) in [5, 5.41) is 0. The summed E-state index contributed by atoms with van der Waals surface area (Å²) in [6, 6.07) is 0. The van der Waals surface area contributed by atoms with E-state index in [0.29, 0.717) is 6.42 Å². The third-order valence-corrected chi connectivity index (χ3v) is 10.4. The summed E-state index contributed by atoms with van der Waals surface area (Å²) < 4.78 is 32.0. The standard InChI is InChI=1S/C43H81O8P/c1-4-6-8-10-12-14-16-18-20-21-22-23-24-26-28-30-32-34-36-38-43(45)51-41(40-50-52(46,47)48-3)39-49-42(44)37-35-33-31-29-27-25-19-17-15-13-11-9-7-5-2/h17-20,41H,4-16,21-40H2,1-3H3,(H,46,47)/b19-17-,20-18-. The summed E-state index contributed by atoms with van der Waals surface area (Å²) in [7, 11) is -3.20. The van der Waals surface area contributed by atoms with Crippen molar-refractivity contribution in [3.05, 3.63) is 24.3 Å². The van der Waals surface area contributed by atoms with Crippen molar-refractivity contribution in [1.29, 1.82) is 0 Å². The zero-order valence-electron chi connectivity index (χ0n) is 34.0. The van der Waals surface area contributed by atoms with Gasteiger partial charge in [-0.2, -0.15) is 0 Å². The van der Waals surface area contributed by atoms with E-state index in [4.69, 9.17) is 14.0 Å². The maximum absolute atomic E-state index is 12.5. The largest absolute Gasteiger partial charge is 0.472 e. The fourth-order valence-electron chi connectivity index (χ4n) is 6.06. The molecule has 9 heteroatoms. The van der Waals surface area contributed by atoms with Gasteiger partial charge in [0.1, 0.15) is 6.61 Å². The number of hydrogen-bond donors (Lipinski definition) is 1. The van der Waals surface area contributed by atoms with Gasteiger partial charge < -0.3 is 14.4 Å². The lowest BCUT2D eigenvalue weighted by atomic mass is 10.1. The first-order valence-electron chi connectivity index (χ1n) is 21.5. The number of carbonyl (C=O) groups excluding carboxylic acids is 2. The molecule has 0 heterocycles. The first-order chi connectivity index (χ1) is 25.3. The van der Waals surface area contributed by atoms with Crippen LogP contribution in [0.25, 0.3) is 0 Å². The Morgan fingerprint density at radius 1 is 0.519 bits per heavy atom. The fraction of sp³-hybridized carbons (Fsp3) is 0.860. The summed E-state index contributed by atoms with van der Waals surface area (Å²) in [6.45, 7) is 3.88. The third-order valence-electron chi connectivity index (χ3n) is 9.42. The Balaban J connectivity index is 3.98. The van der Waals surface area contributed by atoms with Crippen molar-refractivity contribution in [3.8, 4) is 0 Å². The summed E-state index contributed by atoms with van der Waals surface area (Å²) in [5.41, 5.74) is 0. The molecule has 0 aliphatic carbocycles. The molecule has 306 valence electrons. The predicted molar refractivity (Wildman–Crippen MR) is 216 cm³/mol. The summed E-state index contributed by atoms with van der Waals surface area (Å²) >= 11 is 0. The molecule has 0 spiro atoms. The fourth-order valence-corrected chi connectivity index (χ4v) is 6.52. The van der Waals surface area contributed by atoms with E-state index >= 15 is 0 Å². The highest BCUT2D eigenvalue weighted by atomic mass is 31.2. The molecule has 0 amide bonds. The van der Waals surface area contributed by atoms with Gasteiger partial charge in [-0.1, -0.05) is 160 Å². The van der Waals surface area contributed by atoms with Crippen LogP contribution in [0.4, 0.5) is 0 Å². The number of unbranched alkanes of at least 4 members (excludes halogenated alkanes) is 25. The molecule has 0 fully saturated rings. The Bertz CT molecular complexity index is 906. The third kappa shape index (κ3) is 38.3. The second-order valence-corrected chi connectivity index (χ2v) is 16.0. The van der Waals surface area contributed by atoms with E-state index in [1.807, 2.05) is 0 Å². The minimum absolute atomic E-state index is 0.227. The minimum atomic E-state index is -4.26. The zero-order valence-corrected chi connectivity index (χ0v) is 34.9. The van der Waals surface area contributed by atoms with E-state index in [9.17, 15) is 19.0 Å². The molecule has 0 rings (SSSR count). The molecule has 8 nitrogen and oxygen atoms in total. The number of phosphoric ester groups is 1. The van der Waals surface area contributed by atoms with Gasteiger partial charge in [0.15, 0.2) is 6.10 Å². The summed E-state index contributed by atoms with van der Waals surface area (Å²) in [5.74, 6) is -0.810. The van der Waals surface area contributed by atoms with E-state index in [2.05, 4.69) is 42.7 Å². The minimum Gasteiger partial charge on any atom is -0.462 e. The molecule has 0 aliphatic rings. The highest BCUT2D eigenvalue weighted by molar-refractivity contribution is 7.47. The maximum atomic E-state index is 12.5. The zero-order chi connectivity index (χ0) is 38.2.